The van der Waals surface area contributed by atoms with Crippen LogP contribution in [-0.4, -0.2) is 18.8 Å². The zero-order valence-electron chi connectivity index (χ0n) is 7.90. The largest absolute Gasteiger partial charge is 0.507 e. The monoisotopic (exact) mass is 197 g/mol. The number of anilines is 1. The molecule has 0 bridgehead atoms. The molecule has 0 unspecified atom stereocenters. The van der Waals surface area contributed by atoms with E-state index in [9.17, 15) is 9.90 Å². The Hall–Kier alpha value is -1.97. The van der Waals surface area contributed by atoms with Crippen molar-refractivity contribution < 1.29 is 9.90 Å². The molecule has 0 aliphatic carbocycles. The summed E-state index contributed by atoms with van der Waals surface area (Å²) in [5, 5.41) is 13.5. The van der Waals surface area contributed by atoms with Gasteiger partial charge in [-0.3, -0.25) is 4.79 Å². The summed E-state index contributed by atoms with van der Waals surface area (Å²) < 4.78 is 0. The van der Waals surface area contributed by atoms with Gasteiger partial charge < -0.3 is 10.4 Å². The minimum atomic E-state index is -0.620. The summed E-state index contributed by atoms with van der Waals surface area (Å²) in [4.78, 5) is 10.7. The molecule has 0 atom stereocenters. The summed E-state index contributed by atoms with van der Waals surface area (Å²) in [5.41, 5.74) is 0.593. The third-order valence-corrected chi connectivity index (χ3v) is 2.16. The number of hydrogen-bond donors (Lipinski definition) is 2. The fraction of sp³-hybridized carbons (Fsp3) is 0. The number of carbonyl (C=O) groups is 1. The van der Waals surface area contributed by atoms with Crippen molar-refractivity contribution in [3.8, 4) is 5.75 Å². The first-order chi connectivity index (χ1) is 7.18. The molecule has 0 spiro atoms. The van der Waals surface area contributed by atoms with Crippen LogP contribution in [0.2, 0.25) is 0 Å². The van der Waals surface area contributed by atoms with Crippen LogP contribution in [0.15, 0.2) is 36.4 Å². The van der Waals surface area contributed by atoms with E-state index in [1.807, 2.05) is 12.1 Å². The number of aromatic hydroxyl groups is 1. The standard InChI is InChI=1S/C11H8BNO2/c12-11(15)13-9-5-6-10(14)8-4-2-1-3-7(8)9/h1-6,14H,(H,13,15). The lowest BCUT2D eigenvalue weighted by Gasteiger charge is -2.08. The van der Waals surface area contributed by atoms with Crippen molar-refractivity contribution in [2.45, 2.75) is 0 Å². The van der Waals surface area contributed by atoms with Gasteiger partial charge in [0.05, 0.1) is 0 Å². The molecule has 1 amide bonds. The van der Waals surface area contributed by atoms with Gasteiger partial charge in [0, 0.05) is 16.5 Å². The summed E-state index contributed by atoms with van der Waals surface area (Å²) in [6.07, 6.45) is 0. The van der Waals surface area contributed by atoms with Gasteiger partial charge in [-0.25, -0.2) is 0 Å². The average Bonchev–Trinajstić information content (AvgIpc) is 2.22. The van der Waals surface area contributed by atoms with Crippen LogP contribution in [0.3, 0.4) is 0 Å². The molecule has 4 heteroatoms. The van der Waals surface area contributed by atoms with Crippen LogP contribution in [0.4, 0.5) is 10.5 Å². The van der Waals surface area contributed by atoms with E-state index >= 15 is 0 Å². The maximum absolute atomic E-state index is 10.7. The SMILES string of the molecule is [B]C(=O)Nc1ccc(O)c2ccccc12. The Morgan fingerprint density at radius 2 is 1.80 bits per heavy atom. The first-order valence-electron chi connectivity index (χ1n) is 4.45. The molecule has 2 radical (unpaired) electrons. The van der Waals surface area contributed by atoms with E-state index in [1.165, 1.54) is 6.07 Å². The van der Waals surface area contributed by atoms with Crippen LogP contribution >= 0.6 is 0 Å². The minimum absolute atomic E-state index is 0.181. The molecule has 72 valence electrons. The zero-order valence-corrected chi connectivity index (χ0v) is 7.90. The van der Waals surface area contributed by atoms with E-state index in [4.69, 9.17) is 7.85 Å². The predicted octanol–water partition coefficient (Wildman–Crippen LogP) is 2.25. The fourth-order valence-corrected chi connectivity index (χ4v) is 1.52. The number of nitrogens with one attached hydrogen (secondary N) is 1. The van der Waals surface area contributed by atoms with Crippen molar-refractivity contribution in [3.63, 3.8) is 0 Å². The van der Waals surface area contributed by atoms with Gasteiger partial charge in [-0.1, -0.05) is 24.3 Å². The van der Waals surface area contributed by atoms with Gasteiger partial charge >= 0.3 is 0 Å². The van der Waals surface area contributed by atoms with Gasteiger partial charge in [-0.05, 0) is 12.1 Å². The van der Waals surface area contributed by atoms with Crippen LogP contribution < -0.4 is 5.32 Å². The lowest BCUT2D eigenvalue weighted by Crippen LogP contribution is -2.08. The summed E-state index contributed by atoms with van der Waals surface area (Å²) in [6, 6.07) is 10.4. The molecule has 0 aliphatic heterocycles. The highest BCUT2D eigenvalue weighted by atomic mass is 16.3. The average molecular weight is 197 g/mol. The maximum atomic E-state index is 10.7. The maximum Gasteiger partial charge on any atom is 0.201 e. The van der Waals surface area contributed by atoms with Crippen molar-refractivity contribution in [2.75, 3.05) is 5.32 Å². The van der Waals surface area contributed by atoms with Crippen molar-refractivity contribution in [3.05, 3.63) is 36.4 Å². The van der Waals surface area contributed by atoms with E-state index < -0.39 is 5.81 Å². The molecule has 15 heavy (non-hydrogen) atoms. The number of carbonyl (C=O) groups excluding carboxylic acids is 1. The molecule has 0 saturated carbocycles. The van der Waals surface area contributed by atoms with Crippen LogP contribution in [0.5, 0.6) is 5.75 Å². The Kier molecular flexibility index (Phi) is 2.33. The lowest BCUT2D eigenvalue weighted by molar-refractivity contribution is 0.269. The quantitative estimate of drug-likeness (QED) is 0.544. The Bertz CT molecular complexity index is 525. The summed E-state index contributed by atoms with van der Waals surface area (Å²) in [5.74, 6) is -0.438. The van der Waals surface area contributed by atoms with E-state index in [-0.39, 0.29) is 5.75 Å². The molecule has 0 heterocycles. The molecule has 0 saturated heterocycles. The van der Waals surface area contributed by atoms with Crippen molar-refractivity contribution >= 4 is 30.1 Å². The second kappa shape index (κ2) is 3.65. The fourth-order valence-electron chi connectivity index (χ4n) is 1.52. The predicted molar refractivity (Wildman–Crippen MR) is 60.4 cm³/mol. The Labute approximate surface area is 88.1 Å². The van der Waals surface area contributed by atoms with E-state index in [0.717, 1.165) is 5.39 Å². The normalized spacial score (nSPS) is 10.1. The van der Waals surface area contributed by atoms with Gasteiger partial charge in [0.25, 0.3) is 0 Å². The molecule has 2 rings (SSSR count). The number of benzene rings is 2. The third kappa shape index (κ3) is 1.79. The van der Waals surface area contributed by atoms with Crippen LogP contribution in [-0.2, 0) is 0 Å². The Morgan fingerprint density at radius 3 is 2.47 bits per heavy atom. The molecule has 3 nitrogen and oxygen atoms in total. The van der Waals surface area contributed by atoms with Crippen LogP contribution in [0.1, 0.15) is 0 Å². The van der Waals surface area contributed by atoms with Gasteiger partial charge in [0.2, 0.25) is 7.85 Å². The Balaban J connectivity index is 2.66. The molecule has 0 aliphatic rings. The number of phenolic OH excluding ortho intramolecular Hbond substituents is 1. The van der Waals surface area contributed by atoms with Gasteiger partial charge in [0.15, 0.2) is 5.81 Å². The number of phenols is 1. The molecule has 2 aromatic rings. The first-order valence-corrected chi connectivity index (χ1v) is 4.45. The van der Waals surface area contributed by atoms with Crippen molar-refractivity contribution in [1.29, 1.82) is 0 Å². The highest BCUT2D eigenvalue weighted by molar-refractivity contribution is 6.60. The highest BCUT2D eigenvalue weighted by Crippen LogP contribution is 2.30. The molecule has 0 fully saturated rings. The summed E-state index contributed by atoms with van der Waals surface area (Å²) in [6.45, 7) is 0. The van der Waals surface area contributed by atoms with Crippen molar-refractivity contribution in [1.82, 2.24) is 0 Å². The van der Waals surface area contributed by atoms with E-state index in [0.29, 0.717) is 11.1 Å². The van der Waals surface area contributed by atoms with Crippen molar-refractivity contribution in [2.24, 2.45) is 0 Å². The zero-order chi connectivity index (χ0) is 10.8. The number of amides is 1. The minimum Gasteiger partial charge on any atom is -0.507 e. The van der Waals surface area contributed by atoms with E-state index in [2.05, 4.69) is 5.32 Å². The second-order valence-corrected chi connectivity index (χ2v) is 3.17. The molecule has 2 aromatic carbocycles. The van der Waals surface area contributed by atoms with Gasteiger partial charge in [-0.15, -0.1) is 0 Å². The molecular weight excluding hydrogens is 189 g/mol. The number of hydrogen-bond acceptors (Lipinski definition) is 2. The Morgan fingerprint density at radius 1 is 1.13 bits per heavy atom. The number of fused-ring (bicyclic) bond motifs is 1. The topological polar surface area (TPSA) is 49.3 Å². The molecule has 0 aromatic heterocycles. The molecule has 2 N–H and O–H groups in total. The highest BCUT2D eigenvalue weighted by Gasteiger charge is 2.04. The number of rotatable bonds is 1. The van der Waals surface area contributed by atoms with Gasteiger partial charge in [0.1, 0.15) is 5.75 Å². The van der Waals surface area contributed by atoms with Crippen LogP contribution in [0, 0.1) is 0 Å². The van der Waals surface area contributed by atoms with Crippen LogP contribution in [0.25, 0.3) is 10.8 Å². The third-order valence-electron chi connectivity index (χ3n) is 2.16. The van der Waals surface area contributed by atoms with E-state index in [1.54, 1.807) is 18.2 Å². The first kappa shape index (κ1) is 9.58. The van der Waals surface area contributed by atoms with Gasteiger partial charge in [-0.2, -0.15) is 0 Å². The molecular formula is C11H8BNO2. The second-order valence-electron chi connectivity index (χ2n) is 3.17. The summed E-state index contributed by atoms with van der Waals surface area (Å²) in [7, 11) is 5.04. The summed E-state index contributed by atoms with van der Waals surface area (Å²) >= 11 is 0. The smallest absolute Gasteiger partial charge is 0.201 e. The lowest BCUT2D eigenvalue weighted by atomic mass is 10.1.